The second-order valence-corrected chi connectivity index (χ2v) is 16.9. The van der Waals surface area contributed by atoms with Crippen LogP contribution < -0.4 is 36.6 Å². The second-order valence-electron chi connectivity index (χ2n) is 16.9. The zero-order valence-corrected chi connectivity index (χ0v) is 45.0. The largest absolute Gasteiger partial charge is 0.573 e. The number of carboxylic acid groups (broad SMARTS) is 1. The van der Waals surface area contributed by atoms with E-state index in [1.165, 1.54) is 120 Å². The number of benzene rings is 6. The van der Waals surface area contributed by atoms with Crippen LogP contribution in [0.5, 0.6) is 17.2 Å². The molecule has 0 aliphatic carbocycles. The molecular weight excluding hydrogens is 1200 g/mol. The topological polar surface area (TPSA) is 198 Å². The third kappa shape index (κ3) is 18.1. The van der Waals surface area contributed by atoms with Crippen LogP contribution in [-0.2, 0) is 18.6 Å². The molecule has 27 heteroatoms. The van der Waals surface area contributed by atoms with E-state index in [2.05, 4.69) is 21.1 Å². The van der Waals surface area contributed by atoms with E-state index in [0.717, 1.165) is 75.9 Å². The van der Waals surface area contributed by atoms with Gasteiger partial charge in [-0.25, -0.2) is 18.0 Å². The minimum absolute atomic E-state index is 0. The molecule has 3 aromatic heterocycles. The second kappa shape index (κ2) is 28.3. The van der Waals surface area contributed by atoms with Gasteiger partial charge in [0.15, 0.2) is 0 Å². The van der Waals surface area contributed by atoms with Crippen molar-refractivity contribution in [3.63, 3.8) is 0 Å². The minimum Gasteiger partial charge on any atom is -0.478 e. The van der Waals surface area contributed by atoms with Crippen molar-refractivity contribution in [2.75, 3.05) is 0 Å². The van der Waals surface area contributed by atoms with E-state index in [-0.39, 0.29) is 63.4 Å². The summed E-state index contributed by atoms with van der Waals surface area (Å²) in [5.41, 5.74) is 6.01. The monoisotopic (exact) mass is 1240 g/mol. The van der Waals surface area contributed by atoms with Crippen molar-refractivity contribution in [2.45, 2.75) is 26.0 Å². The number of nitrogens with zero attached hydrogens (tertiary/aromatic N) is 4. The van der Waals surface area contributed by atoms with Gasteiger partial charge < -0.3 is 32.0 Å². The van der Waals surface area contributed by atoms with Crippen LogP contribution >= 0.6 is 0 Å². The number of carbonyl (C=O) groups excluding carboxylic acids is 1. The third-order valence-corrected chi connectivity index (χ3v) is 11.3. The zero-order valence-electron chi connectivity index (χ0n) is 43.6. The van der Waals surface area contributed by atoms with Crippen LogP contribution in [0.3, 0.4) is 0 Å². The Bertz CT molecular complexity index is 3880. The quantitative estimate of drug-likeness (QED) is 0.0928. The number of pyridine rings is 3. The molecule has 9 aromatic rings. The van der Waals surface area contributed by atoms with Gasteiger partial charge in [-0.3, -0.25) is 32.9 Å². The fourth-order valence-electron chi connectivity index (χ4n) is 7.68. The number of hydrogen-bond acceptors (Lipinski definition) is 9. The number of aromatic carboxylic acids is 1. The maximum Gasteiger partial charge on any atom is 0.573 e. The van der Waals surface area contributed by atoms with Gasteiger partial charge in [0, 0.05) is 89.1 Å². The number of nitrogens with two attached hydrogens (primary N) is 1. The number of nitriles is 1. The Kier molecular flexibility index (Phi) is 21.9. The molecule has 0 saturated heterocycles. The van der Waals surface area contributed by atoms with Gasteiger partial charge in [-0.1, -0.05) is 36.4 Å². The van der Waals surface area contributed by atoms with Gasteiger partial charge in [-0.2, -0.15) is 12.2 Å². The molecule has 3 N–H and O–H groups in total. The Morgan fingerprint density at radius 3 is 1.01 bits per heavy atom. The fraction of sp³-hybridized carbons (Fsp3) is 0.0678. The van der Waals surface area contributed by atoms with Gasteiger partial charge in [-0.15, -0.1) is 39.5 Å². The number of amides is 1. The zero-order chi connectivity index (χ0) is 62.6. The predicted molar refractivity (Wildman–Crippen MR) is 284 cm³/mol. The van der Waals surface area contributed by atoms with Gasteiger partial charge >= 0.3 is 25.1 Å². The van der Waals surface area contributed by atoms with Gasteiger partial charge in [0.25, 0.3) is 16.7 Å². The van der Waals surface area contributed by atoms with Crippen molar-refractivity contribution in [1.82, 2.24) is 13.7 Å². The summed E-state index contributed by atoms with van der Waals surface area (Å²) in [7, 11) is 0. The van der Waals surface area contributed by atoms with Crippen LogP contribution in [-0.4, -0.2) is 49.8 Å². The maximum absolute atomic E-state index is 13.2. The molecule has 0 aliphatic rings. The summed E-state index contributed by atoms with van der Waals surface area (Å²) in [6.45, 7) is 5.00. The molecule has 0 saturated carbocycles. The number of alkyl halides is 9. The van der Waals surface area contributed by atoms with Crippen molar-refractivity contribution in [3.8, 4) is 73.8 Å². The summed E-state index contributed by atoms with van der Waals surface area (Å²) in [5, 5.41) is 18.6. The normalized spacial score (nSPS) is 10.9. The number of ether oxygens (including phenoxy) is 3. The summed E-state index contributed by atoms with van der Waals surface area (Å²) < 4.78 is 165. The third-order valence-electron chi connectivity index (χ3n) is 11.3. The molecule has 0 unspecified atom stereocenters. The van der Waals surface area contributed by atoms with E-state index < -0.39 is 82.3 Å². The first-order valence-electron chi connectivity index (χ1n) is 23.8. The Balaban J connectivity index is 0.000000231. The molecule has 86 heavy (non-hydrogen) atoms. The summed E-state index contributed by atoms with van der Waals surface area (Å²) in [5.74, 6) is -5.00. The van der Waals surface area contributed by atoms with Crippen LogP contribution in [0.1, 0.15) is 33.2 Å². The first-order chi connectivity index (χ1) is 40.0. The molecule has 0 spiro atoms. The van der Waals surface area contributed by atoms with Crippen molar-refractivity contribution in [2.24, 2.45) is 5.73 Å². The van der Waals surface area contributed by atoms with E-state index in [1.807, 2.05) is 6.07 Å². The molecule has 0 atom stereocenters. The summed E-state index contributed by atoms with van der Waals surface area (Å²) in [6.07, 6.45) is -10.6. The number of aromatic nitrogens is 3. The maximum atomic E-state index is 13.2. The first kappa shape index (κ1) is 66.5. The van der Waals surface area contributed by atoms with Crippen LogP contribution in [0.25, 0.3) is 50.4 Å². The van der Waals surface area contributed by atoms with Crippen molar-refractivity contribution >= 4 is 11.9 Å². The van der Waals surface area contributed by atoms with Crippen molar-refractivity contribution in [3.05, 3.63) is 255 Å². The Morgan fingerprint density at radius 1 is 0.465 bits per heavy atom. The molecule has 0 aliphatic heterocycles. The Labute approximate surface area is 489 Å². The molecule has 9 rings (SSSR count). The number of hydrogen-bond donors (Lipinski definition) is 2. The Hall–Kier alpha value is -10.3. The average molecular weight is 1240 g/mol. The Morgan fingerprint density at radius 2 is 0.733 bits per heavy atom. The van der Waals surface area contributed by atoms with Crippen LogP contribution in [0.4, 0.5) is 52.7 Å². The molecule has 14 nitrogen and oxygen atoms in total. The van der Waals surface area contributed by atoms with Gasteiger partial charge in [-0.05, 0) is 126 Å². The molecule has 3 heterocycles. The van der Waals surface area contributed by atoms with E-state index >= 15 is 0 Å². The van der Waals surface area contributed by atoms with Crippen LogP contribution in [0.15, 0.2) is 197 Å². The number of halogens is 12. The van der Waals surface area contributed by atoms with Gasteiger partial charge in [0.05, 0.1) is 16.7 Å². The fourth-order valence-corrected chi connectivity index (χ4v) is 7.68. The van der Waals surface area contributed by atoms with E-state index in [4.69, 9.17) is 5.73 Å². The SMILES string of the molecule is N#Cc1cc(=O)n(-c2ccc(OC(F)(F)F)cc2)cc1-c1ccc(F)cc1.NC(=O)c1cc(=O)n(-c2ccc(OC(F)(F)F)cc2)cc1-c1ccc(F)cc1.O=C(O)c1cc(=O)n(-c2ccc(OC(F)(F)F)cc2)cc1-c1ccc(F)cc1.[CH2-]C.[V]. The van der Waals surface area contributed by atoms with E-state index in [0.29, 0.717) is 22.3 Å². The number of rotatable bonds is 11. The first-order valence-corrected chi connectivity index (χ1v) is 23.8. The number of primary amides is 1. The molecule has 0 fully saturated rings. The van der Waals surface area contributed by atoms with Gasteiger partial charge in [0.1, 0.15) is 40.8 Å². The smallest absolute Gasteiger partial charge is 0.478 e. The standard InChI is InChI=1S/C19H12F4N2O3.C19H10F4N2O2.C19H11F4NO4.C2H5.V/c20-12-3-1-11(2-4-12)16-10-25(17(26)9-15(16)18(24)27)13-5-7-14(8-6-13)28-19(21,22)23;20-14-3-1-12(2-4-14)17-11-25(18(26)9-13(17)10-24)15-5-7-16(8-6-15)27-19(21,22)23;20-12-3-1-11(2-4-12)16-10-24(17(25)9-15(16)18(26)27)13-5-7-14(8-6-13)28-19(21,22)23;1-2;/h1-10H,(H2,24,27);1-9,11H;1-10H,(H,26,27);1H2,2H3;/q;;;-1;. The average Bonchev–Trinajstić information content (AvgIpc) is 2.90. The molecule has 443 valence electrons. The minimum atomic E-state index is -4.85. The number of carbonyl (C=O) groups is 2. The van der Waals surface area contributed by atoms with Crippen molar-refractivity contribution in [1.29, 1.82) is 5.26 Å². The van der Waals surface area contributed by atoms with Crippen LogP contribution in [0, 0.1) is 35.7 Å². The van der Waals surface area contributed by atoms with Crippen molar-refractivity contribution < 1.29 is 100 Å². The molecule has 6 aromatic carbocycles. The predicted octanol–water partition coefficient (Wildman–Crippen LogP) is 13.1. The molecule has 1 radical (unpaired) electrons. The summed E-state index contributed by atoms with van der Waals surface area (Å²) in [4.78, 5) is 60.2. The molecule has 1 amide bonds. The molecular formula is C59H38F12N5O9V-. The van der Waals surface area contributed by atoms with Crippen LogP contribution in [0.2, 0.25) is 0 Å². The summed E-state index contributed by atoms with van der Waals surface area (Å²) in [6, 6.07) is 34.2. The summed E-state index contributed by atoms with van der Waals surface area (Å²) >= 11 is 0. The van der Waals surface area contributed by atoms with E-state index in [1.54, 1.807) is 6.92 Å². The van der Waals surface area contributed by atoms with E-state index in [9.17, 15) is 87.0 Å². The molecule has 0 bridgehead atoms. The van der Waals surface area contributed by atoms with Gasteiger partial charge in [0.2, 0.25) is 5.91 Å². The number of carboxylic acids is 1.